The van der Waals surface area contributed by atoms with Gasteiger partial charge in [-0.05, 0) is 18.1 Å². The number of nitrogens with one attached hydrogen (secondary N) is 1. The van der Waals surface area contributed by atoms with Crippen molar-refractivity contribution in [2.75, 3.05) is 20.3 Å². The summed E-state index contributed by atoms with van der Waals surface area (Å²) in [6.45, 7) is 2.77. The lowest BCUT2D eigenvalue weighted by atomic mass is 10.1. The molecule has 0 aliphatic carbocycles. The number of amides is 1. The summed E-state index contributed by atoms with van der Waals surface area (Å²) in [7, 11) is 1.57. The summed E-state index contributed by atoms with van der Waals surface area (Å²) in [6.07, 6.45) is 0. The number of methoxy groups -OCH3 is 1. The first-order chi connectivity index (χ1) is 8.95. The van der Waals surface area contributed by atoms with Crippen molar-refractivity contribution in [3.05, 3.63) is 38.9 Å². The van der Waals surface area contributed by atoms with Crippen LogP contribution in [0.3, 0.4) is 0 Å². The molecule has 0 saturated heterocycles. The summed E-state index contributed by atoms with van der Waals surface area (Å²) in [4.78, 5) is 22.1. The van der Waals surface area contributed by atoms with Crippen molar-refractivity contribution in [1.29, 1.82) is 0 Å². The predicted molar refractivity (Wildman–Crippen MR) is 71.5 cm³/mol. The second kappa shape index (κ2) is 7.06. The van der Waals surface area contributed by atoms with Crippen LogP contribution >= 0.6 is 11.6 Å². The van der Waals surface area contributed by atoms with Gasteiger partial charge in [-0.15, -0.1) is 0 Å². The molecule has 0 aliphatic heterocycles. The molecule has 1 atom stereocenters. The number of ether oxygens (including phenoxy) is 1. The highest BCUT2D eigenvalue weighted by atomic mass is 35.5. The van der Waals surface area contributed by atoms with E-state index in [1.807, 2.05) is 6.92 Å². The summed E-state index contributed by atoms with van der Waals surface area (Å²) >= 11 is 5.76. The number of carbonyl (C=O) groups is 1. The molecule has 1 aromatic rings. The number of nitrogens with zero attached hydrogens (tertiary/aromatic N) is 1. The first-order valence-corrected chi connectivity index (χ1v) is 6.04. The Balaban J connectivity index is 2.81. The highest BCUT2D eigenvalue weighted by Crippen LogP contribution is 2.22. The van der Waals surface area contributed by atoms with Crippen molar-refractivity contribution in [3.63, 3.8) is 0 Å². The first kappa shape index (κ1) is 15.4. The van der Waals surface area contributed by atoms with E-state index in [0.717, 1.165) is 0 Å². The van der Waals surface area contributed by atoms with Gasteiger partial charge in [-0.1, -0.05) is 18.5 Å². The van der Waals surface area contributed by atoms with E-state index >= 15 is 0 Å². The van der Waals surface area contributed by atoms with Crippen molar-refractivity contribution in [2.24, 2.45) is 5.92 Å². The van der Waals surface area contributed by atoms with Crippen LogP contribution in [0.25, 0.3) is 0 Å². The highest BCUT2D eigenvalue weighted by molar-refractivity contribution is 6.31. The molecule has 1 amide bonds. The molecule has 0 aromatic heterocycles. The Morgan fingerprint density at radius 1 is 1.58 bits per heavy atom. The van der Waals surface area contributed by atoms with E-state index in [1.54, 1.807) is 7.11 Å². The zero-order valence-electron chi connectivity index (χ0n) is 10.7. The largest absolute Gasteiger partial charge is 0.384 e. The summed E-state index contributed by atoms with van der Waals surface area (Å²) in [5, 5.41) is 13.7. The van der Waals surface area contributed by atoms with E-state index < -0.39 is 10.8 Å². The molecule has 6 nitrogen and oxygen atoms in total. The smallest absolute Gasteiger partial charge is 0.282 e. The molecule has 0 fully saturated rings. The quantitative estimate of drug-likeness (QED) is 0.642. The van der Waals surface area contributed by atoms with Gasteiger partial charge in [0, 0.05) is 24.7 Å². The van der Waals surface area contributed by atoms with Crippen molar-refractivity contribution in [1.82, 2.24) is 5.32 Å². The molecule has 19 heavy (non-hydrogen) atoms. The lowest BCUT2D eigenvalue weighted by molar-refractivity contribution is -0.385. The van der Waals surface area contributed by atoms with Crippen LogP contribution in [0, 0.1) is 16.0 Å². The maximum absolute atomic E-state index is 11.9. The zero-order valence-corrected chi connectivity index (χ0v) is 11.4. The number of nitro benzene ring substituents is 1. The van der Waals surface area contributed by atoms with Gasteiger partial charge in [-0.2, -0.15) is 0 Å². The third-order valence-electron chi connectivity index (χ3n) is 2.46. The van der Waals surface area contributed by atoms with Gasteiger partial charge in [0.1, 0.15) is 5.56 Å². The molecule has 0 aliphatic rings. The van der Waals surface area contributed by atoms with Crippen molar-refractivity contribution in [3.8, 4) is 0 Å². The molecule has 1 unspecified atom stereocenters. The molecule has 7 heteroatoms. The van der Waals surface area contributed by atoms with Crippen LogP contribution in [0.4, 0.5) is 5.69 Å². The topological polar surface area (TPSA) is 81.5 Å². The van der Waals surface area contributed by atoms with Gasteiger partial charge >= 0.3 is 0 Å². The van der Waals surface area contributed by atoms with Crippen LogP contribution in [0.15, 0.2) is 18.2 Å². The molecular weight excluding hydrogens is 272 g/mol. The Morgan fingerprint density at radius 3 is 2.84 bits per heavy atom. The lowest BCUT2D eigenvalue weighted by Gasteiger charge is -2.11. The van der Waals surface area contributed by atoms with Crippen LogP contribution in [0.1, 0.15) is 17.3 Å². The maximum Gasteiger partial charge on any atom is 0.282 e. The third kappa shape index (κ3) is 4.50. The summed E-state index contributed by atoms with van der Waals surface area (Å²) in [6, 6.07) is 3.88. The van der Waals surface area contributed by atoms with Gasteiger partial charge in [0.25, 0.3) is 11.6 Å². The second-order valence-corrected chi connectivity index (χ2v) is 4.63. The lowest BCUT2D eigenvalue weighted by Crippen LogP contribution is -2.30. The van der Waals surface area contributed by atoms with E-state index in [9.17, 15) is 14.9 Å². The molecule has 0 heterocycles. The van der Waals surface area contributed by atoms with Crippen molar-refractivity contribution in [2.45, 2.75) is 6.92 Å². The minimum atomic E-state index is -0.607. The van der Waals surface area contributed by atoms with Crippen LogP contribution in [-0.2, 0) is 4.74 Å². The Hall–Kier alpha value is -1.66. The van der Waals surface area contributed by atoms with Crippen LogP contribution < -0.4 is 5.32 Å². The predicted octanol–water partition coefficient (Wildman–Crippen LogP) is 2.26. The van der Waals surface area contributed by atoms with Gasteiger partial charge in [0.2, 0.25) is 0 Å². The number of hydrogen-bond acceptors (Lipinski definition) is 4. The van der Waals surface area contributed by atoms with Crippen molar-refractivity contribution < 1.29 is 14.5 Å². The van der Waals surface area contributed by atoms with Gasteiger partial charge in [0.05, 0.1) is 11.5 Å². The summed E-state index contributed by atoms with van der Waals surface area (Å²) < 4.78 is 4.94. The fourth-order valence-electron chi connectivity index (χ4n) is 1.55. The second-order valence-electron chi connectivity index (χ2n) is 4.19. The highest BCUT2D eigenvalue weighted by Gasteiger charge is 2.20. The number of benzene rings is 1. The zero-order chi connectivity index (χ0) is 14.4. The van der Waals surface area contributed by atoms with E-state index in [1.165, 1.54) is 18.2 Å². The molecule has 104 valence electrons. The van der Waals surface area contributed by atoms with Gasteiger partial charge in [-0.25, -0.2) is 0 Å². The minimum Gasteiger partial charge on any atom is -0.384 e. The monoisotopic (exact) mass is 286 g/mol. The van der Waals surface area contributed by atoms with E-state index in [-0.39, 0.29) is 22.2 Å². The number of halogens is 1. The molecule has 0 bridgehead atoms. The molecule has 1 rings (SSSR count). The SMILES string of the molecule is COCC(C)CNC(=O)c1cc(Cl)ccc1[N+](=O)[O-]. The summed E-state index contributed by atoms with van der Waals surface area (Å²) in [5.41, 5.74) is -0.302. The van der Waals surface area contributed by atoms with Gasteiger partial charge < -0.3 is 10.1 Å². The molecule has 0 spiro atoms. The normalized spacial score (nSPS) is 11.9. The van der Waals surface area contributed by atoms with E-state index in [2.05, 4.69) is 5.32 Å². The molecule has 1 N–H and O–H groups in total. The van der Waals surface area contributed by atoms with Crippen LogP contribution in [0.5, 0.6) is 0 Å². The molecule has 1 aromatic carbocycles. The van der Waals surface area contributed by atoms with E-state index in [4.69, 9.17) is 16.3 Å². The standard InChI is InChI=1S/C12H15ClN2O4/c1-8(7-19-2)6-14-12(16)10-5-9(13)3-4-11(10)15(17)18/h3-5,8H,6-7H2,1-2H3,(H,14,16). The third-order valence-corrected chi connectivity index (χ3v) is 2.70. The molecular formula is C12H15ClN2O4. The van der Waals surface area contributed by atoms with Crippen LogP contribution in [-0.4, -0.2) is 31.1 Å². The van der Waals surface area contributed by atoms with Crippen LogP contribution in [0.2, 0.25) is 5.02 Å². The average Bonchev–Trinajstić information content (AvgIpc) is 2.35. The number of nitro groups is 1. The number of hydrogen-bond donors (Lipinski definition) is 1. The fraction of sp³-hybridized carbons (Fsp3) is 0.417. The van der Waals surface area contributed by atoms with Gasteiger partial charge in [-0.3, -0.25) is 14.9 Å². The number of rotatable bonds is 6. The Morgan fingerprint density at radius 2 is 2.26 bits per heavy atom. The summed E-state index contributed by atoms with van der Waals surface area (Å²) in [5.74, 6) is -0.399. The maximum atomic E-state index is 11.9. The first-order valence-electron chi connectivity index (χ1n) is 5.66. The average molecular weight is 287 g/mol. The minimum absolute atomic E-state index is 0.0397. The van der Waals surface area contributed by atoms with Crippen molar-refractivity contribution >= 4 is 23.2 Å². The fourth-order valence-corrected chi connectivity index (χ4v) is 1.73. The Bertz CT molecular complexity index is 479. The van der Waals surface area contributed by atoms with E-state index in [0.29, 0.717) is 13.2 Å². The molecule has 0 radical (unpaired) electrons. The Labute approximate surface area is 115 Å². The Kier molecular flexibility index (Phi) is 5.72. The van der Waals surface area contributed by atoms with Gasteiger partial charge in [0.15, 0.2) is 0 Å². The molecule has 0 saturated carbocycles. The number of carbonyl (C=O) groups excluding carboxylic acids is 1.